The van der Waals surface area contributed by atoms with Crippen molar-refractivity contribution in [2.24, 2.45) is 4.99 Å². The average Bonchev–Trinajstić information content (AvgIpc) is 2.15. The summed E-state index contributed by atoms with van der Waals surface area (Å²) in [5, 5.41) is 2.46. The second kappa shape index (κ2) is 4.72. The van der Waals surface area contributed by atoms with Crippen molar-refractivity contribution < 1.29 is 0 Å². The van der Waals surface area contributed by atoms with Crippen LogP contribution in [0.4, 0.5) is 5.69 Å². The first kappa shape index (κ1) is 14.1. The van der Waals surface area contributed by atoms with E-state index in [1.807, 2.05) is 6.07 Å². The number of benzene rings is 1. The van der Waals surface area contributed by atoms with E-state index in [1.54, 1.807) is 0 Å². The summed E-state index contributed by atoms with van der Waals surface area (Å²) in [5.41, 5.74) is 3.69. The Balaban J connectivity index is 3.45. The molecule has 0 aromatic heterocycles. The van der Waals surface area contributed by atoms with Crippen molar-refractivity contribution in [3.8, 4) is 0 Å². The molecule has 0 aliphatic rings. The van der Waals surface area contributed by atoms with E-state index in [4.69, 9.17) is 12.2 Å². The van der Waals surface area contributed by atoms with Gasteiger partial charge in [-0.25, -0.2) is 0 Å². The summed E-state index contributed by atoms with van der Waals surface area (Å²) in [7, 11) is 0. The number of hydrogen-bond donors (Lipinski definition) is 0. The van der Waals surface area contributed by atoms with Crippen LogP contribution < -0.4 is 0 Å². The molecule has 0 radical (unpaired) electrons. The standard InChI is InChI=1S/C15H21NS/c1-14(2,3)11-7-8-13(16-10-17)12(9-11)15(4,5)6/h7-9H,1-6H3. The van der Waals surface area contributed by atoms with Gasteiger partial charge in [0.05, 0.1) is 10.8 Å². The van der Waals surface area contributed by atoms with Crippen LogP contribution in [0.2, 0.25) is 0 Å². The summed E-state index contributed by atoms with van der Waals surface area (Å²) in [6.07, 6.45) is 0. The van der Waals surface area contributed by atoms with Crippen molar-refractivity contribution in [2.45, 2.75) is 52.4 Å². The molecule has 0 aliphatic carbocycles. The predicted octanol–water partition coefficient (Wildman–Crippen LogP) is 5.02. The molecule has 1 rings (SSSR count). The van der Waals surface area contributed by atoms with Gasteiger partial charge in [0.25, 0.3) is 0 Å². The minimum absolute atomic E-state index is 0.0618. The highest BCUT2D eigenvalue weighted by molar-refractivity contribution is 7.78. The van der Waals surface area contributed by atoms with Crippen molar-refractivity contribution in [1.82, 2.24) is 0 Å². The van der Waals surface area contributed by atoms with Crippen LogP contribution in [0.1, 0.15) is 52.7 Å². The zero-order chi connectivity index (χ0) is 13.3. The van der Waals surface area contributed by atoms with E-state index in [-0.39, 0.29) is 10.8 Å². The van der Waals surface area contributed by atoms with Crippen LogP contribution in [0.25, 0.3) is 0 Å². The van der Waals surface area contributed by atoms with Crippen molar-refractivity contribution in [2.75, 3.05) is 0 Å². The lowest BCUT2D eigenvalue weighted by molar-refractivity contribution is 0.569. The number of nitrogens with zero attached hydrogens (tertiary/aromatic N) is 1. The first-order valence-electron chi connectivity index (χ1n) is 5.89. The van der Waals surface area contributed by atoms with Gasteiger partial charge in [-0.15, -0.1) is 0 Å². The SMILES string of the molecule is CC(C)(C)c1ccc(N=C=S)c(C(C)(C)C)c1. The van der Waals surface area contributed by atoms with Crippen LogP contribution in [0.3, 0.4) is 0 Å². The molecule has 1 nitrogen and oxygen atoms in total. The topological polar surface area (TPSA) is 12.4 Å². The van der Waals surface area contributed by atoms with E-state index in [2.05, 4.69) is 63.8 Å². The number of rotatable bonds is 1. The molecule has 1 aromatic rings. The van der Waals surface area contributed by atoms with E-state index in [1.165, 1.54) is 11.1 Å². The van der Waals surface area contributed by atoms with Crippen LogP contribution in [0, 0.1) is 0 Å². The molecule has 0 saturated carbocycles. The lowest BCUT2D eigenvalue weighted by Gasteiger charge is -2.25. The van der Waals surface area contributed by atoms with Gasteiger partial charge in [-0.3, -0.25) is 0 Å². The van der Waals surface area contributed by atoms with Crippen LogP contribution in [-0.4, -0.2) is 5.16 Å². The van der Waals surface area contributed by atoms with Gasteiger partial charge in [-0.1, -0.05) is 53.7 Å². The Morgan fingerprint density at radius 2 is 1.59 bits per heavy atom. The van der Waals surface area contributed by atoms with Gasteiger partial charge in [0, 0.05) is 0 Å². The molecule has 0 aliphatic heterocycles. The molecule has 92 valence electrons. The molecule has 0 spiro atoms. The monoisotopic (exact) mass is 247 g/mol. The molecule has 0 fully saturated rings. The molecule has 0 unspecified atom stereocenters. The van der Waals surface area contributed by atoms with Crippen LogP contribution in [0.15, 0.2) is 23.2 Å². The predicted molar refractivity (Wildman–Crippen MR) is 78.5 cm³/mol. The molecule has 0 bridgehead atoms. The van der Waals surface area contributed by atoms with Crippen molar-refractivity contribution in [1.29, 1.82) is 0 Å². The van der Waals surface area contributed by atoms with Gasteiger partial charge in [-0.05, 0) is 40.2 Å². The fourth-order valence-electron chi connectivity index (χ4n) is 1.75. The van der Waals surface area contributed by atoms with Crippen molar-refractivity contribution >= 4 is 23.1 Å². The fourth-order valence-corrected chi connectivity index (χ4v) is 1.85. The third-order valence-corrected chi connectivity index (χ3v) is 2.93. The Bertz CT molecular complexity index is 455. The Morgan fingerprint density at radius 3 is 2.00 bits per heavy atom. The normalized spacial score (nSPS) is 12.1. The Morgan fingerprint density at radius 1 is 1.00 bits per heavy atom. The second-order valence-corrected chi connectivity index (χ2v) is 6.62. The van der Waals surface area contributed by atoms with Crippen LogP contribution in [0.5, 0.6) is 0 Å². The van der Waals surface area contributed by atoms with Crippen LogP contribution in [-0.2, 0) is 10.8 Å². The van der Waals surface area contributed by atoms with E-state index in [9.17, 15) is 0 Å². The first-order valence-corrected chi connectivity index (χ1v) is 6.30. The van der Waals surface area contributed by atoms with Gasteiger partial charge in [0.15, 0.2) is 0 Å². The Labute approximate surface area is 110 Å². The lowest BCUT2D eigenvalue weighted by Crippen LogP contribution is -2.16. The molecule has 1 aromatic carbocycles. The van der Waals surface area contributed by atoms with Gasteiger partial charge in [-0.2, -0.15) is 4.99 Å². The minimum atomic E-state index is 0.0618. The van der Waals surface area contributed by atoms with Gasteiger partial charge < -0.3 is 0 Å². The third kappa shape index (κ3) is 3.49. The maximum absolute atomic E-state index is 4.71. The van der Waals surface area contributed by atoms with E-state index in [0.29, 0.717) is 0 Å². The second-order valence-electron chi connectivity index (χ2n) is 6.44. The number of aliphatic imine (C=N–C) groups is 1. The highest BCUT2D eigenvalue weighted by atomic mass is 32.1. The molecule has 2 heteroatoms. The van der Waals surface area contributed by atoms with Gasteiger partial charge in [0.1, 0.15) is 0 Å². The largest absolute Gasteiger partial charge is 0.194 e. The summed E-state index contributed by atoms with van der Waals surface area (Å²) in [6.45, 7) is 13.2. The molecule has 0 atom stereocenters. The van der Waals surface area contributed by atoms with E-state index >= 15 is 0 Å². The summed E-state index contributed by atoms with van der Waals surface area (Å²) in [5.74, 6) is 0. The van der Waals surface area contributed by atoms with Gasteiger partial charge >= 0.3 is 0 Å². The van der Waals surface area contributed by atoms with Crippen molar-refractivity contribution in [3.63, 3.8) is 0 Å². The lowest BCUT2D eigenvalue weighted by atomic mass is 9.80. The minimum Gasteiger partial charge on any atom is -0.194 e. The Hall–Kier alpha value is -0.980. The van der Waals surface area contributed by atoms with Crippen molar-refractivity contribution in [3.05, 3.63) is 29.3 Å². The molecule has 0 heterocycles. The third-order valence-electron chi connectivity index (χ3n) is 2.84. The zero-order valence-corrected chi connectivity index (χ0v) is 12.4. The smallest absolute Gasteiger partial charge is 0.0777 e. The number of hydrogen-bond acceptors (Lipinski definition) is 2. The van der Waals surface area contributed by atoms with Gasteiger partial charge in [0.2, 0.25) is 0 Å². The molecule has 17 heavy (non-hydrogen) atoms. The van der Waals surface area contributed by atoms with Crippen LogP contribution >= 0.6 is 12.2 Å². The fraction of sp³-hybridized carbons (Fsp3) is 0.533. The first-order chi connectivity index (χ1) is 7.66. The molecule has 0 amide bonds. The number of thiocarbonyl (C=S) groups is 1. The quantitative estimate of drug-likeness (QED) is 0.501. The highest BCUT2D eigenvalue weighted by Crippen LogP contribution is 2.35. The maximum atomic E-state index is 4.71. The maximum Gasteiger partial charge on any atom is 0.0777 e. The molecular weight excluding hydrogens is 226 g/mol. The highest BCUT2D eigenvalue weighted by Gasteiger charge is 2.21. The molecule has 0 saturated heterocycles. The Kier molecular flexibility index (Phi) is 3.91. The zero-order valence-electron chi connectivity index (χ0n) is 11.6. The van der Waals surface area contributed by atoms with E-state index in [0.717, 1.165) is 5.69 Å². The summed E-state index contributed by atoms with van der Waals surface area (Å²) < 4.78 is 0. The average molecular weight is 247 g/mol. The summed E-state index contributed by atoms with van der Waals surface area (Å²) in [6, 6.07) is 6.41. The summed E-state index contributed by atoms with van der Waals surface area (Å²) in [4.78, 5) is 4.16. The molecule has 0 N–H and O–H groups in total. The van der Waals surface area contributed by atoms with E-state index < -0.39 is 0 Å². The number of isothiocyanates is 1. The molecular formula is C15H21NS. The summed E-state index contributed by atoms with van der Waals surface area (Å²) >= 11 is 4.71.